The van der Waals surface area contributed by atoms with Gasteiger partial charge in [-0.3, -0.25) is 14.9 Å². The Labute approximate surface area is 180 Å². The van der Waals surface area contributed by atoms with Gasteiger partial charge in [-0.1, -0.05) is 0 Å². The van der Waals surface area contributed by atoms with Gasteiger partial charge in [0, 0.05) is 18.2 Å². The number of carbonyl (C=O) groups excluding carboxylic acids is 1. The Morgan fingerprint density at radius 2 is 1.88 bits per heavy atom. The maximum atomic E-state index is 13.6. The molecule has 168 valence electrons. The molecule has 0 fully saturated rings. The Balaban J connectivity index is 1.61. The minimum absolute atomic E-state index is 0.155. The van der Waals surface area contributed by atoms with Crippen LogP contribution >= 0.6 is 0 Å². The molecule has 0 saturated heterocycles. The van der Waals surface area contributed by atoms with Gasteiger partial charge in [0.2, 0.25) is 0 Å². The van der Waals surface area contributed by atoms with Crippen molar-refractivity contribution in [2.24, 2.45) is 0 Å². The summed E-state index contributed by atoms with van der Waals surface area (Å²) in [6.07, 6.45) is -1.34. The molecule has 1 aromatic heterocycles. The van der Waals surface area contributed by atoms with Crippen molar-refractivity contribution >= 4 is 11.6 Å². The fourth-order valence-electron chi connectivity index (χ4n) is 2.81. The second-order valence-electron chi connectivity index (χ2n) is 6.69. The molecule has 0 aliphatic heterocycles. The van der Waals surface area contributed by atoms with Gasteiger partial charge >= 0.3 is 0 Å². The average molecular weight is 448 g/mol. The highest BCUT2D eigenvalue weighted by Crippen LogP contribution is 2.22. The number of nitrogens with zero attached hydrogens (tertiary/aromatic N) is 1. The fraction of sp³-hybridized carbons (Fsp3) is 0.190. The number of carbonyl (C=O) groups is 1. The Bertz CT molecular complexity index is 1100. The zero-order valence-corrected chi connectivity index (χ0v) is 16.4. The Morgan fingerprint density at radius 1 is 1.16 bits per heavy atom. The molecule has 0 bridgehead atoms. The van der Waals surface area contributed by atoms with Crippen LogP contribution in [-0.4, -0.2) is 33.7 Å². The van der Waals surface area contributed by atoms with Crippen LogP contribution in [0.15, 0.2) is 59.0 Å². The van der Waals surface area contributed by atoms with E-state index in [1.165, 1.54) is 36.4 Å². The Hall–Kier alpha value is -3.83. The average Bonchev–Trinajstić information content (AvgIpc) is 3.25. The number of halogens is 2. The Morgan fingerprint density at radius 3 is 2.50 bits per heavy atom. The van der Waals surface area contributed by atoms with Gasteiger partial charge in [-0.05, 0) is 42.0 Å². The van der Waals surface area contributed by atoms with Crippen molar-refractivity contribution in [1.29, 1.82) is 0 Å². The second-order valence-corrected chi connectivity index (χ2v) is 6.69. The van der Waals surface area contributed by atoms with E-state index in [1.54, 1.807) is 0 Å². The molecule has 0 aliphatic carbocycles. The molecule has 0 aliphatic rings. The van der Waals surface area contributed by atoms with Gasteiger partial charge in [0.1, 0.15) is 24.3 Å². The molecule has 0 radical (unpaired) electrons. The number of non-ortho nitro benzene ring substituents is 1. The molecule has 0 spiro atoms. The van der Waals surface area contributed by atoms with Crippen LogP contribution in [0.3, 0.4) is 0 Å². The third-order valence-corrected chi connectivity index (χ3v) is 4.49. The van der Waals surface area contributed by atoms with Gasteiger partial charge in [-0.15, -0.1) is 0 Å². The summed E-state index contributed by atoms with van der Waals surface area (Å²) in [4.78, 5) is 22.5. The van der Waals surface area contributed by atoms with E-state index in [0.29, 0.717) is 6.07 Å². The SMILES string of the molecule is O=C(NC(CO)C(O)c1ccc([N+](=O)[O-])cc1)c1ccc(COc2ccc(F)cc2F)o1. The van der Waals surface area contributed by atoms with Crippen molar-refractivity contribution < 1.29 is 37.9 Å². The predicted octanol–water partition coefficient (Wildman–Crippen LogP) is 2.87. The first-order chi connectivity index (χ1) is 15.3. The molecule has 3 aromatic rings. The lowest BCUT2D eigenvalue weighted by Gasteiger charge is -2.22. The molecule has 9 nitrogen and oxygen atoms in total. The van der Waals surface area contributed by atoms with Crippen molar-refractivity contribution in [2.45, 2.75) is 18.8 Å². The van der Waals surface area contributed by atoms with E-state index < -0.39 is 41.2 Å². The molecule has 1 amide bonds. The predicted molar refractivity (Wildman–Crippen MR) is 106 cm³/mol. The number of amides is 1. The van der Waals surface area contributed by atoms with E-state index in [4.69, 9.17) is 9.15 Å². The van der Waals surface area contributed by atoms with Crippen LogP contribution in [0.4, 0.5) is 14.5 Å². The minimum Gasteiger partial charge on any atom is -0.483 e. The largest absolute Gasteiger partial charge is 0.483 e. The van der Waals surface area contributed by atoms with Crippen molar-refractivity contribution in [1.82, 2.24) is 5.32 Å². The van der Waals surface area contributed by atoms with Crippen molar-refractivity contribution in [3.8, 4) is 5.75 Å². The maximum absolute atomic E-state index is 13.6. The normalized spacial score (nSPS) is 12.8. The quantitative estimate of drug-likeness (QED) is 0.338. The number of nitro groups is 1. The van der Waals surface area contributed by atoms with Crippen LogP contribution in [0.2, 0.25) is 0 Å². The summed E-state index contributed by atoms with van der Waals surface area (Å²) >= 11 is 0. The third-order valence-electron chi connectivity index (χ3n) is 4.49. The lowest BCUT2D eigenvalue weighted by atomic mass is 10.0. The van der Waals surface area contributed by atoms with Crippen LogP contribution < -0.4 is 10.1 Å². The maximum Gasteiger partial charge on any atom is 0.287 e. The van der Waals surface area contributed by atoms with E-state index >= 15 is 0 Å². The summed E-state index contributed by atoms with van der Waals surface area (Å²) in [7, 11) is 0. The van der Waals surface area contributed by atoms with Gasteiger partial charge in [-0.2, -0.15) is 0 Å². The first-order valence-corrected chi connectivity index (χ1v) is 9.29. The number of aliphatic hydroxyl groups is 2. The van der Waals surface area contributed by atoms with E-state index in [-0.39, 0.29) is 35.1 Å². The van der Waals surface area contributed by atoms with Gasteiger partial charge in [0.15, 0.2) is 17.3 Å². The Kier molecular flexibility index (Phi) is 7.13. The zero-order valence-electron chi connectivity index (χ0n) is 16.4. The van der Waals surface area contributed by atoms with Crippen LogP contribution in [-0.2, 0) is 6.61 Å². The monoisotopic (exact) mass is 448 g/mol. The molecule has 0 saturated carbocycles. The third kappa shape index (κ3) is 5.45. The topological polar surface area (TPSA) is 135 Å². The molecule has 2 aromatic carbocycles. The molecule has 1 heterocycles. The van der Waals surface area contributed by atoms with Crippen molar-refractivity contribution in [3.63, 3.8) is 0 Å². The number of ether oxygens (including phenoxy) is 1. The standard InChI is InChI=1S/C21H18F2N2O7/c22-13-3-7-18(16(23)9-13)31-11-15-6-8-19(32-15)21(28)24-17(10-26)20(27)12-1-4-14(5-2-12)25(29)30/h1-9,17,20,26-27H,10-11H2,(H,24,28). The molecule has 2 unspecified atom stereocenters. The summed E-state index contributed by atoms with van der Waals surface area (Å²) in [6.45, 7) is -0.852. The van der Waals surface area contributed by atoms with Gasteiger partial charge in [-0.25, -0.2) is 8.78 Å². The van der Waals surface area contributed by atoms with E-state index in [9.17, 15) is 33.9 Å². The van der Waals surface area contributed by atoms with Crippen LogP contribution in [0.5, 0.6) is 5.75 Å². The first kappa shape index (κ1) is 22.8. The highest BCUT2D eigenvalue weighted by Gasteiger charge is 2.24. The van der Waals surface area contributed by atoms with E-state index in [0.717, 1.165) is 12.1 Å². The molecule has 32 heavy (non-hydrogen) atoms. The molecule has 3 N–H and O–H groups in total. The number of rotatable bonds is 9. The van der Waals surface area contributed by atoms with E-state index in [1.807, 2.05) is 0 Å². The molecule has 3 rings (SSSR count). The van der Waals surface area contributed by atoms with E-state index in [2.05, 4.69) is 5.32 Å². The number of nitrogens with one attached hydrogen (secondary N) is 1. The lowest BCUT2D eigenvalue weighted by molar-refractivity contribution is -0.384. The number of furan rings is 1. The highest BCUT2D eigenvalue weighted by atomic mass is 19.1. The smallest absolute Gasteiger partial charge is 0.287 e. The number of nitro benzene ring substituents is 1. The molecular formula is C21H18F2N2O7. The summed E-state index contributed by atoms with van der Waals surface area (Å²) < 4.78 is 37.1. The number of benzene rings is 2. The first-order valence-electron chi connectivity index (χ1n) is 9.29. The van der Waals surface area contributed by atoms with Crippen LogP contribution in [0.1, 0.15) is 28.0 Å². The summed E-state index contributed by atoms with van der Waals surface area (Å²) in [5.74, 6) is -2.56. The van der Waals surface area contributed by atoms with Crippen LogP contribution in [0, 0.1) is 21.7 Å². The van der Waals surface area contributed by atoms with Gasteiger partial charge in [0.25, 0.3) is 11.6 Å². The zero-order chi connectivity index (χ0) is 23.3. The number of aliphatic hydroxyl groups excluding tert-OH is 2. The van der Waals surface area contributed by atoms with Crippen molar-refractivity contribution in [3.05, 3.63) is 93.4 Å². The molecule has 11 heteroatoms. The molecule has 2 atom stereocenters. The second kappa shape index (κ2) is 9.98. The molecular weight excluding hydrogens is 430 g/mol. The fourth-order valence-corrected chi connectivity index (χ4v) is 2.81. The van der Waals surface area contributed by atoms with Crippen LogP contribution in [0.25, 0.3) is 0 Å². The number of hydrogen-bond donors (Lipinski definition) is 3. The van der Waals surface area contributed by atoms with Crippen molar-refractivity contribution in [2.75, 3.05) is 6.61 Å². The summed E-state index contributed by atoms with van der Waals surface area (Å²) in [5.41, 5.74) is 0.0844. The highest BCUT2D eigenvalue weighted by molar-refractivity contribution is 5.91. The lowest BCUT2D eigenvalue weighted by Crippen LogP contribution is -2.41. The van der Waals surface area contributed by atoms with Gasteiger partial charge in [0.05, 0.1) is 17.6 Å². The summed E-state index contributed by atoms with van der Waals surface area (Å²) in [5, 5.41) is 33.1. The van der Waals surface area contributed by atoms with Gasteiger partial charge < -0.3 is 24.7 Å². The summed E-state index contributed by atoms with van der Waals surface area (Å²) in [6, 6.07) is 9.44. The number of hydrogen-bond acceptors (Lipinski definition) is 7. The minimum atomic E-state index is -1.34.